The molecule has 0 spiro atoms. The van der Waals surface area contributed by atoms with E-state index < -0.39 is 28.0 Å². The number of benzene rings is 2. The van der Waals surface area contributed by atoms with E-state index in [-0.39, 0.29) is 42.2 Å². The molecule has 1 aliphatic heterocycles. The van der Waals surface area contributed by atoms with Crippen LogP contribution in [0.2, 0.25) is 0 Å². The summed E-state index contributed by atoms with van der Waals surface area (Å²) in [7, 11) is -2.31. The van der Waals surface area contributed by atoms with Gasteiger partial charge in [-0.25, -0.2) is 12.8 Å². The van der Waals surface area contributed by atoms with Crippen molar-refractivity contribution in [1.29, 1.82) is 0 Å². The number of nitrogens with zero attached hydrogens (tertiary/aromatic N) is 2. The lowest BCUT2D eigenvalue weighted by Crippen LogP contribution is -2.50. The van der Waals surface area contributed by atoms with E-state index in [2.05, 4.69) is 0 Å². The third-order valence-electron chi connectivity index (χ3n) is 5.82. The Bertz CT molecular complexity index is 1090. The molecule has 9 heteroatoms. The molecule has 0 saturated heterocycles. The molecule has 0 saturated carbocycles. The van der Waals surface area contributed by atoms with E-state index in [1.165, 1.54) is 34.3 Å². The second-order valence-electron chi connectivity index (χ2n) is 8.31. The van der Waals surface area contributed by atoms with Crippen LogP contribution in [0.3, 0.4) is 0 Å². The number of carbonyl (C=O) groups excluding carboxylic acids is 1. The first-order chi connectivity index (χ1) is 15.0. The van der Waals surface area contributed by atoms with Crippen molar-refractivity contribution in [1.82, 2.24) is 9.21 Å². The average Bonchev–Trinajstić information content (AvgIpc) is 2.75. The van der Waals surface area contributed by atoms with Crippen LogP contribution in [0.4, 0.5) is 4.39 Å². The minimum Gasteiger partial charge on any atom is -0.487 e. The van der Waals surface area contributed by atoms with Crippen molar-refractivity contribution in [2.24, 2.45) is 5.92 Å². The normalized spacial score (nSPS) is 21.6. The predicted molar refractivity (Wildman–Crippen MR) is 119 cm³/mol. The monoisotopic (exact) mass is 464 g/mol. The van der Waals surface area contributed by atoms with E-state index in [1.54, 1.807) is 38.2 Å². The first-order valence-electron chi connectivity index (χ1n) is 10.5. The van der Waals surface area contributed by atoms with Gasteiger partial charge in [-0.3, -0.25) is 4.79 Å². The molecule has 3 atom stereocenters. The summed E-state index contributed by atoms with van der Waals surface area (Å²) >= 11 is 0. The minimum atomic E-state index is -3.97. The minimum absolute atomic E-state index is 0.0275. The highest BCUT2D eigenvalue weighted by Crippen LogP contribution is 2.36. The summed E-state index contributed by atoms with van der Waals surface area (Å²) < 4.78 is 48.2. The van der Waals surface area contributed by atoms with Crippen LogP contribution < -0.4 is 4.74 Å². The van der Waals surface area contributed by atoms with Gasteiger partial charge in [0.1, 0.15) is 22.6 Å². The third-order valence-corrected chi connectivity index (χ3v) is 7.84. The molecule has 7 nitrogen and oxygen atoms in total. The molecule has 2 aromatic rings. The zero-order chi connectivity index (χ0) is 23.6. The van der Waals surface area contributed by atoms with Crippen LogP contribution in [0.15, 0.2) is 47.4 Å². The van der Waals surface area contributed by atoms with Crippen LogP contribution in [-0.2, 0) is 14.8 Å². The number of hydrogen-bond donors (Lipinski definition) is 1. The predicted octanol–water partition coefficient (Wildman–Crippen LogP) is 2.74. The fourth-order valence-electron chi connectivity index (χ4n) is 3.69. The lowest BCUT2D eigenvalue weighted by atomic mass is 10.0. The van der Waals surface area contributed by atoms with E-state index in [0.29, 0.717) is 11.1 Å². The second-order valence-corrected chi connectivity index (χ2v) is 10.2. The number of rotatable bonds is 5. The summed E-state index contributed by atoms with van der Waals surface area (Å²) in [6, 6.07) is 10.0. The van der Waals surface area contributed by atoms with Crippen LogP contribution in [0, 0.1) is 11.7 Å². The number of aliphatic hydroxyl groups is 1. The standard InChI is InChI=1S/C23H29FN2O5S/c1-15-12-26(16(2)14-27)32(29,30)23-9-8-19(18-6-5-7-20(24)10-18)11-21(23)31-22(15)13-25(4)17(3)28/h5-11,15-16,22,27H,12-14H2,1-4H3/t15-,16-,22-/m1/s1. The van der Waals surface area contributed by atoms with Crippen molar-refractivity contribution in [3.8, 4) is 16.9 Å². The zero-order valence-corrected chi connectivity index (χ0v) is 19.5. The Morgan fingerprint density at radius 2 is 1.97 bits per heavy atom. The molecule has 0 fully saturated rings. The second kappa shape index (κ2) is 9.56. The highest BCUT2D eigenvalue weighted by Gasteiger charge is 2.38. The smallest absolute Gasteiger partial charge is 0.247 e. The van der Waals surface area contributed by atoms with Gasteiger partial charge < -0.3 is 14.7 Å². The Balaban J connectivity index is 2.14. The third kappa shape index (κ3) is 4.95. The molecule has 0 aromatic heterocycles. The van der Waals surface area contributed by atoms with Gasteiger partial charge in [-0.05, 0) is 42.3 Å². The maximum absolute atomic E-state index is 13.8. The van der Waals surface area contributed by atoms with Crippen molar-refractivity contribution >= 4 is 15.9 Å². The summed E-state index contributed by atoms with van der Waals surface area (Å²) in [5.41, 5.74) is 1.19. The number of likely N-dealkylation sites (N-methyl/N-ethyl adjacent to an activating group) is 1. The fourth-order valence-corrected chi connectivity index (χ4v) is 5.52. The van der Waals surface area contributed by atoms with Crippen LogP contribution in [-0.4, -0.2) is 67.5 Å². The quantitative estimate of drug-likeness (QED) is 0.735. The van der Waals surface area contributed by atoms with Gasteiger partial charge >= 0.3 is 0 Å². The molecule has 174 valence electrons. The van der Waals surface area contributed by atoms with Gasteiger partial charge in [0.2, 0.25) is 15.9 Å². The molecule has 1 aliphatic rings. The van der Waals surface area contributed by atoms with Gasteiger partial charge in [0.15, 0.2) is 0 Å². The molecule has 1 amide bonds. The van der Waals surface area contributed by atoms with E-state index >= 15 is 0 Å². The summed E-state index contributed by atoms with van der Waals surface area (Å²) in [6.07, 6.45) is -0.491. The van der Waals surface area contributed by atoms with Crippen LogP contribution in [0.25, 0.3) is 11.1 Å². The SMILES string of the molecule is CC(=O)N(C)C[C@H]1Oc2cc(-c3cccc(F)c3)ccc2S(=O)(=O)N([C@H](C)CO)C[C@H]1C. The van der Waals surface area contributed by atoms with Crippen LogP contribution in [0.1, 0.15) is 20.8 Å². The van der Waals surface area contributed by atoms with Crippen molar-refractivity contribution in [2.75, 3.05) is 26.7 Å². The highest BCUT2D eigenvalue weighted by molar-refractivity contribution is 7.89. The van der Waals surface area contributed by atoms with Crippen molar-refractivity contribution < 1.29 is 27.4 Å². The van der Waals surface area contributed by atoms with E-state index in [1.807, 2.05) is 6.92 Å². The van der Waals surface area contributed by atoms with Gasteiger partial charge in [0.05, 0.1) is 13.2 Å². The molecule has 0 unspecified atom stereocenters. The van der Waals surface area contributed by atoms with Gasteiger partial charge in [-0.2, -0.15) is 4.31 Å². The first kappa shape index (κ1) is 24.2. The van der Waals surface area contributed by atoms with Crippen molar-refractivity contribution in [3.05, 3.63) is 48.3 Å². The molecule has 32 heavy (non-hydrogen) atoms. The number of halogens is 1. The number of aliphatic hydroxyl groups excluding tert-OH is 1. The fraction of sp³-hybridized carbons (Fsp3) is 0.435. The Morgan fingerprint density at radius 1 is 1.28 bits per heavy atom. The molecule has 0 aliphatic carbocycles. The number of hydrogen-bond acceptors (Lipinski definition) is 5. The van der Waals surface area contributed by atoms with Crippen molar-refractivity contribution in [3.63, 3.8) is 0 Å². The molecular formula is C23H29FN2O5S. The first-order valence-corrected chi connectivity index (χ1v) is 11.9. The number of amides is 1. The van der Waals surface area contributed by atoms with Gasteiger partial charge in [-0.15, -0.1) is 0 Å². The summed E-state index contributed by atoms with van der Waals surface area (Å²) in [6.45, 7) is 5.01. The average molecular weight is 465 g/mol. The van der Waals surface area contributed by atoms with Gasteiger partial charge in [0, 0.05) is 32.5 Å². The van der Waals surface area contributed by atoms with Crippen LogP contribution >= 0.6 is 0 Å². The molecule has 3 rings (SSSR count). The Hall–Kier alpha value is -2.49. The number of carbonyl (C=O) groups is 1. The zero-order valence-electron chi connectivity index (χ0n) is 18.7. The lowest BCUT2D eigenvalue weighted by Gasteiger charge is -2.37. The molecule has 2 aromatic carbocycles. The molecule has 1 N–H and O–H groups in total. The topological polar surface area (TPSA) is 87.2 Å². The molecule has 1 heterocycles. The van der Waals surface area contributed by atoms with Gasteiger partial charge in [-0.1, -0.05) is 25.1 Å². The summed E-state index contributed by atoms with van der Waals surface area (Å²) in [4.78, 5) is 13.3. The maximum atomic E-state index is 13.8. The maximum Gasteiger partial charge on any atom is 0.247 e. The Morgan fingerprint density at radius 3 is 2.59 bits per heavy atom. The lowest BCUT2D eigenvalue weighted by molar-refractivity contribution is -0.129. The Labute approximate surface area is 188 Å². The highest BCUT2D eigenvalue weighted by atomic mass is 32.2. The van der Waals surface area contributed by atoms with E-state index in [9.17, 15) is 22.7 Å². The summed E-state index contributed by atoms with van der Waals surface area (Å²) in [5, 5.41) is 9.69. The molecule has 0 bridgehead atoms. The number of ether oxygens (including phenoxy) is 1. The number of sulfonamides is 1. The summed E-state index contributed by atoms with van der Waals surface area (Å²) in [5.74, 6) is -0.674. The van der Waals surface area contributed by atoms with Crippen molar-refractivity contribution in [2.45, 2.75) is 37.8 Å². The molecule has 0 radical (unpaired) electrons. The Kier molecular flexibility index (Phi) is 7.22. The number of fused-ring (bicyclic) bond motifs is 1. The van der Waals surface area contributed by atoms with E-state index in [0.717, 1.165) is 0 Å². The largest absolute Gasteiger partial charge is 0.487 e. The van der Waals surface area contributed by atoms with E-state index in [4.69, 9.17) is 4.74 Å². The molecular weight excluding hydrogens is 435 g/mol. The van der Waals surface area contributed by atoms with Gasteiger partial charge in [0.25, 0.3) is 0 Å². The van der Waals surface area contributed by atoms with Crippen LogP contribution in [0.5, 0.6) is 5.75 Å².